The summed E-state index contributed by atoms with van der Waals surface area (Å²) in [6.07, 6.45) is 0. The third-order valence-electron chi connectivity index (χ3n) is 2.59. The Kier molecular flexibility index (Phi) is 5.06. The molecule has 1 N–H and O–H groups in total. The molecule has 2 aromatic rings. The Balaban J connectivity index is 2.30. The summed E-state index contributed by atoms with van der Waals surface area (Å²) in [5, 5.41) is 2.97. The lowest BCUT2D eigenvalue weighted by atomic mass is 10.2. The maximum absolute atomic E-state index is 12.4. The SMILES string of the molecule is CC(C)c1nc(Br)cc(Nc2ccccc2OC(F)F)n1. The minimum atomic E-state index is -2.88. The van der Waals surface area contributed by atoms with Crippen LogP contribution in [0.15, 0.2) is 34.9 Å². The van der Waals surface area contributed by atoms with Gasteiger partial charge < -0.3 is 10.1 Å². The highest BCUT2D eigenvalue weighted by atomic mass is 79.9. The highest BCUT2D eigenvalue weighted by molar-refractivity contribution is 9.10. The second-order valence-electron chi connectivity index (χ2n) is 4.59. The van der Waals surface area contributed by atoms with Gasteiger partial charge in [-0.15, -0.1) is 0 Å². The van der Waals surface area contributed by atoms with Crippen LogP contribution in [0, 0.1) is 0 Å². The normalized spacial score (nSPS) is 11.0. The fourth-order valence-corrected chi connectivity index (χ4v) is 2.06. The van der Waals surface area contributed by atoms with Gasteiger partial charge in [0, 0.05) is 12.0 Å². The van der Waals surface area contributed by atoms with Gasteiger partial charge in [-0.1, -0.05) is 26.0 Å². The van der Waals surface area contributed by atoms with Crippen molar-refractivity contribution in [3.05, 3.63) is 40.8 Å². The van der Waals surface area contributed by atoms with Crippen molar-refractivity contribution in [2.24, 2.45) is 0 Å². The molecule has 2 rings (SSSR count). The number of rotatable bonds is 5. The highest BCUT2D eigenvalue weighted by Gasteiger charge is 2.11. The highest BCUT2D eigenvalue weighted by Crippen LogP contribution is 2.29. The summed E-state index contributed by atoms with van der Waals surface area (Å²) >= 11 is 3.31. The minimum absolute atomic E-state index is 0.0633. The van der Waals surface area contributed by atoms with Gasteiger partial charge >= 0.3 is 6.61 Å². The zero-order valence-corrected chi connectivity index (χ0v) is 13.1. The van der Waals surface area contributed by atoms with E-state index in [2.05, 4.69) is 36.0 Å². The molecule has 0 saturated heterocycles. The summed E-state index contributed by atoms with van der Waals surface area (Å²) in [6, 6.07) is 8.13. The lowest BCUT2D eigenvalue weighted by molar-refractivity contribution is -0.0493. The maximum atomic E-state index is 12.4. The van der Waals surface area contributed by atoms with E-state index in [4.69, 9.17) is 0 Å². The van der Waals surface area contributed by atoms with Crippen LogP contribution in [0.1, 0.15) is 25.6 Å². The Hall–Kier alpha value is -1.76. The van der Waals surface area contributed by atoms with Crippen molar-refractivity contribution in [2.75, 3.05) is 5.32 Å². The van der Waals surface area contributed by atoms with Crippen molar-refractivity contribution < 1.29 is 13.5 Å². The number of benzene rings is 1. The molecule has 0 amide bonds. The largest absolute Gasteiger partial charge is 0.433 e. The molecule has 0 atom stereocenters. The van der Waals surface area contributed by atoms with Crippen molar-refractivity contribution in [1.82, 2.24) is 9.97 Å². The van der Waals surface area contributed by atoms with Crippen LogP contribution in [-0.2, 0) is 0 Å². The summed E-state index contributed by atoms with van der Waals surface area (Å²) in [5.74, 6) is 1.37. The summed E-state index contributed by atoms with van der Waals surface area (Å²) in [7, 11) is 0. The van der Waals surface area contributed by atoms with Gasteiger partial charge in [0.25, 0.3) is 0 Å². The van der Waals surface area contributed by atoms with E-state index in [1.54, 1.807) is 24.3 Å². The van der Waals surface area contributed by atoms with Gasteiger partial charge in [-0.2, -0.15) is 8.78 Å². The molecule has 0 radical (unpaired) electrons. The number of aromatic nitrogens is 2. The first-order valence-electron chi connectivity index (χ1n) is 6.31. The Morgan fingerprint density at radius 2 is 1.90 bits per heavy atom. The molecule has 0 bridgehead atoms. The average Bonchev–Trinajstić information content (AvgIpc) is 2.39. The van der Waals surface area contributed by atoms with Crippen LogP contribution in [0.5, 0.6) is 5.75 Å². The molecule has 0 fully saturated rings. The molecule has 112 valence electrons. The van der Waals surface area contributed by atoms with E-state index in [1.807, 2.05) is 13.8 Å². The molecule has 1 heterocycles. The van der Waals surface area contributed by atoms with Crippen LogP contribution in [0.4, 0.5) is 20.3 Å². The molecule has 0 aliphatic carbocycles. The first-order valence-corrected chi connectivity index (χ1v) is 7.10. The smallest absolute Gasteiger partial charge is 0.387 e. The van der Waals surface area contributed by atoms with Gasteiger partial charge in [0.05, 0.1) is 5.69 Å². The fraction of sp³-hybridized carbons (Fsp3) is 0.286. The number of ether oxygens (including phenoxy) is 1. The average molecular weight is 358 g/mol. The molecule has 1 aromatic carbocycles. The van der Waals surface area contributed by atoms with Crippen LogP contribution < -0.4 is 10.1 Å². The van der Waals surface area contributed by atoms with Gasteiger partial charge in [-0.25, -0.2) is 9.97 Å². The minimum Gasteiger partial charge on any atom is -0.433 e. The molecule has 7 heteroatoms. The van der Waals surface area contributed by atoms with Gasteiger partial charge in [0.1, 0.15) is 22.0 Å². The number of hydrogen-bond acceptors (Lipinski definition) is 4. The van der Waals surface area contributed by atoms with E-state index in [-0.39, 0.29) is 11.7 Å². The monoisotopic (exact) mass is 357 g/mol. The Morgan fingerprint density at radius 3 is 2.57 bits per heavy atom. The molecule has 4 nitrogen and oxygen atoms in total. The van der Waals surface area contributed by atoms with Gasteiger partial charge in [-0.05, 0) is 28.1 Å². The van der Waals surface area contributed by atoms with Crippen molar-refractivity contribution >= 4 is 27.4 Å². The van der Waals surface area contributed by atoms with Crippen LogP contribution >= 0.6 is 15.9 Å². The lowest BCUT2D eigenvalue weighted by Crippen LogP contribution is -2.06. The predicted molar refractivity (Wildman–Crippen MR) is 80.2 cm³/mol. The number of para-hydroxylation sites is 2. The fourth-order valence-electron chi connectivity index (χ4n) is 1.66. The number of halogens is 3. The van der Waals surface area contributed by atoms with Crippen molar-refractivity contribution in [3.63, 3.8) is 0 Å². The van der Waals surface area contributed by atoms with E-state index >= 15 is 0 Å². The number of hydrogen-bond donors (Lipinski definition) is 1. The third-order valence-corrected chi connectivity index (χ3v) is 3.00. The topological polar surface area (TPSA) is 47.0 Å². The number of anilines is 2. The molecule has 21 heavy (non-hydrogen) atoms. The predicted octanol–water partition coefficient (Wildman–Crippen LogP) is 4.71. The molecule has 1 aromatic heterocycles. The second kappa shape index (κ2) is 6.80. The van der Waals surface area contributed by atoms with E-state index in [9.17, 15) is 8.78 Å². The molecule has 0 aliphatic heterocycles. The van der Waals surface area contributed by atoms with Crippen molar-refractivity contribution in [2.45, 2.75) is 26.4 Å². The first-order chi connectivity index (χ1) is 9.95. The van der Waals surface area contributed by atoms with E-state index in [1.165, 1.54) is 6.07 Å². The lowest BCUT2D eigenvalue weighted by Gasteiger charge is -2.13. The van der Waals surface area contributed by atoms with Crippen LogP contribution in [-0.4, -0.2) is 16.6 Å². The number of nitrogens with one attached hydrogen (secondary N) is 1. The molecule has 0 unspecified atom stereocenters. The zero-order valence-electron chi connectivity index (χ0n) is 11.5. The number of alkyl halides is 2. The second-order valence-corrected chi connectivity index (χ2v) is 5.40. The molecule has 0 aliphatic rings. The molecular formula is C14H14BrF2N3O. The van der Waals surface area contributed by atoms with Gasteiger partial charge in [-0.3, -0.25) is 0 Å². The third kappa shape index (κ3) is 4.35. The molecular weight excluding hydrogens is 344 g/mol. The van der Waals surface area contributed by atoms with E-state index < -0.39 is 6.61 Å². The van der Waals surface area contributed by atoms with Crippen LogP contribution in [0.25, 0.3) is 0 Å². The first kappa shape index (κ1) is 15.6. The standard InChI is InChI=1S/C14H14BrF2N3O/c1-8(2)13-19-11(15)7-12(20-13)18-9-5-3-4-6-10(9)21-14(16)17/h3-8,14H,1-2H3,(H,18,19,20). The Bertz CT molecular complexity index is 623. The van der Waals surface area contributed by atoms with Crippen molar-refractivity contribution in [1.29, 1.82) is 0 Å². The van der Waals surface area contributed by atoms with E-state index in [0.717, 1.165) is 0 Å². The van der Waals surface area contributed by atoms with Crippen molar-refractivity contribution in [3.8, 4) is 5.75 Å². The maximum Gasteiger partial charge on any atom is 0.387 e. The summed E-state index contributed by atoms with van der Waals surface area (Å²) in [4.78, 5) is 8.61. The summed E-state index contributed by atoms with van der Waals surface area (Å²) in [6.45, 7) is 1.06. The number of nitrogens with zero attached hydrogens (tertiary/aromatic N) is 2. The quantitative estimate of drug-likeness (QED) is 0.787. The molecule has 0 spiro atoms. The van der Waals surface area contributed by atoms with Crippen LogP contribution in [0.2, 0.25) is 0 Å². The van der Waals surface area contributed by atoms with Crippen LogP contribution in [0.3, 0.4) is 0 Å². The van der Waals surface area contributed by atoms with Gasteiger partial charge in [0.2, 0.25) is 0 Å². The Labute approximate surface area is 129 Å². The summed E-state index contributed by atoms with van der Waals surface area (Å²) < 4.78 is 29.9. The zero-order chi connectivity index (χ0) is 15.4. The Morgan fingerprint density at radius 1 is 1.19 bits per heavy atom. The van der Waals surface area contributed by atoms with Gasteiger partial charge in [0.15, 0.2) is 0 Å². The molecule has 0 saturated carbocycles. The summed E-state index contributed by atoms with van der Waals surface area (Å²) in [5.41, 5.74) is 0.415. The van der Waals surface area contributed by atoms with E-state index in [0.29, 0.717) is 21.9 Å².